The first-order chi connectivity index (χ1) is 8.63. The molecule has 0 radical (unpaired) electrons. The zero-order chi connectivity index (χ0) is 13.0. The van der Waals surface area contributed by atoms with Crippen molar-refractivity contribution >= 4 is 11.4 Å². The molecule has 0 saturated heterocycles. The maximum absolute atomic E-state index is 13.0. The molecular formula is C15H17FN2. The summed E-state index contributed by atoms with van der Waals surface area (Å²) < 4.78 is 13.0. The van der Waals surface area contributed by atoms with E-state index in [4.69, 9.17) is 5.73 Å². The fraction of sp³-hybridized carbons (Fsp3) is 0.200. The maximum atomic E-state index is 13.0. The van der Waals surface area contributed by atoms with Crippen LogP contribution in [0.4, 0.5) is 15.8 Å². The lowest BCUT2D eigenvalue weighted by Crippen LogP contribution is -2.05. The van der Waals surface area contributed by atoms with Gasteiger partial charge in [-0.05, 0) is 54.8 Å². The highest BCUT2D eigenvalue weighted by Gasteiger charge is 1.98. The number of hydrogen-bond acceptors (Lipinski definition) is 2. The predicted octanol–water partition coefficient (Wildman–Crippen LogP) is 3.37. The highest BCUT2D eigenvalue weighted by Crippen LogP contribution is 2.16. The number of hydrogen-bond donors (Lipinski definition) is 2. The summed E-state index contributed by atoms with van der Waals surface area (Å²) in [5.74, 6) is -0.188. The molecule has 0 aliphatic rings. The Labute approximate surface area is 107 Å². The molecule has 2 aromatic carbocycles. The average molecular weight is 244 g/mol. The zero-order valence-electron chi connectivity index (χ0n) is 10.4. The SMILES string of the molecule is Cc1cc(N)cc(NCCc2cccc(F)c2)c1. The van der Waals surface area contributed by atoms with E-state index in [1.54, 1.807) is 12.1 Å². The first-order valence-corrected chi connectivity index (χ1v) is 5.99. The van der Waals surface area contributed by atoms with Crippen molar-refractivity contribution in [2.45, 2.75) is 13.3 Å². The monoisotopic (exact) mass is 244 g/mol. The normalized spacial score (nSPS) is 10.3. The van der Waals surface area contributed by atoms with Crippen LogP contribution in [-0.2, 0) is 6.42 Å². The van der Waals surface area contributed by atoms with Crippen LogP contribution in [-0.4, -0.2) is 6.54 Å². The molecule has 0 atom stereocenters. The first-order valence-electron chi connectivity index (χ1n) is 5.99. The van der Waals surface area contributed by atoms with Gasteiger partial charge < -0.3 is 11.1 Å². The number of nitrogens with two attached hydrogens (primary N) is 1. The molecule has 2 nitrogen and oxygen atoms in total. The maximum Gasteiger partial charge on any atom is 0.123 e. The summed E-state index contributed by atoms with van der Waals surface area (Å²) in [6.07, 6.45) is 0.783. The van der Waals surface area contributed by atoms with Gasteiger partial charge in [0.15, 0.2) is 0 Å². The second kappa shape index (κ2) is 5.54. The van der Waals surface area contributed by atoms with E-state index in [1.807, 2.05) is 31.2 Å². The zero-order valence-corrected chi connectivity index (χ0v) is 10.4. The smallest absolute Gasteiger partial charge is 0.123 e. The minimum absolute atomic E-state index is 0.188. The highest BCUT2D eigenvalue weighted by molar-refractivity contribution is 5.56. The Morgan fingerprint density at radius 3 is 2.72 bits per heavy atom. The van der Waals surface area contributed by atoms with Crippen molar-refractivity contribution in [2.75, 3.05) is 17.6 Å². The number of anilines is 2. The number of nitrogens with one attached hydrogen (secondary N) is 1. The summed E-state index contributed by atoms with van der Waals surface area (Å²) in [5, 5.41) is 3.29. The Morgan fingerprint density at radius 2 is 2.00 bits per heavy atom. The summed E-state index contributed by atoms with van der Waals surface area (Å²) >= 11 is 0. The molecule has 0 fully saturated rings. The molecule has 0 aromatic heterocycles. The van der Waals surface area contributed by atoms with Crippen LogP contribution >= 0.6 is 0 Å². The Hall–Kier alpha value is -2.03. The number of aryl methyl sites for hydroxylation is 1. The molecule has 2 rings (SSSR count). The topological polar surface area (TPSA) is 38.0 Å². The summed E-state index contributed by atoms with van der Waals surface area (Å²) in [6.45, 7) is 2.76. The van der Waals surface area contributed by atoms with Gasteiger partial charge in [-0.25, -0.2) is 4.39 Å². The fourth-order valence-electron chi connectivity index (χ4n) is 1.96. The average Bonchev–Trinajstić information content (AvgIpc) is 2.27. The van der Waals surface area contributed by atoms with Gasteiger partial charge in [-0.2, -0.15) is 0 Å². The molecule has 0 amide bonds. The third-order valence-electron chi connectivity index (χ3n) is 2.73. The van der Waals surface area contributed by atoms with Gasteiger partial charge in [0.05, 0.1) is 0 Å². The molecule has 0 spiro atoms. The second-order valence-corrected chi connectivity index (χ2v) is 4.44. The first kappa shape index (κ1) is 12.4. The number of halogens is 1. The van der Waals surface area contributed by atoms with E-state index in [-0.39, 0.29) is 5.82 Å². The lowest BCUT2D eigenvalue weighted by atomic mass is 10.1. The Balaban J connectivity index is 1.92. The summed E-state index contributed by atoms with van der Waals surface area (Å²) in [6, 6.07) is 12.5. The van der Waals surface area contributed by atoms with E-state index >= 15 is 0 Å². The van der Waals surface area contributed by atoms with Crippen molar-refractivity contribution in [1.29, 1.82) is 0 Å². The third kappa shape index (κ3) is 3.48. The van der Waals surface area contributed by atoms with Crippen molar-refractivity contribution in [3.63, 3.8) is 0 Å². The van der Waals surface area contributed by atoms with Crippen LogP contribution in [0.2, 0.25) is 0 Å². The van der Waals surface area contributed by atoms with Crippen LogP contribution < -0.4 is 11.1 Å². The minimum atomic E-state index is -0.188. The van der Waals surface area contributed by atoms with Crippen LogP contribution in [0.15, 0.2) is 42.5 Å². The molecular weight excluding hydrogens is 227 g/mol. The van der Waals surface area contributed by atoms with E-state index in [2.05, 4.69) is 5.32 Å². The van der Waals surface area contributed by atoms with E-state index < -0.39 is 0 Å². The lowest BCUT2D eigenvalue weighted by Gasteiger charge is -2.08. The highest BCUT2D eigenvalue weighted by atomic mass is 19.1. The number of nitrogen functional groups attached to an aromatic ring is 1. The molecule has 3 heteroatoms. The standard InChI is InChI=1S/C15H17FN2/c1-11-7-14(17)10-15(8-11)18-6-5-12-3-2-4-13(16)9-12/h2-4,7-10,18H,5-6,17H2,1H3. The van der Waals surface area contributed by atoms with Gasteiger partial charge in [0.1, 0.15) is 5.82 Å². The van der Waals surface area contributed by atoms with Crippen molar-refractivity contribution in [3.05, 3.63) is 59.4 Å². The minimum Gasteiger partial charge on any atom is -0.399 e. The van der Waals surface area contributed by atoms with Crippen LogP contribution in [0.25, 0.3) is 0 Å². The molecule has 3 N–H and O–H groups in total. The molecule has 18 heavy (non-hydrogen) atoms. The number of benzene rings is 2. The van der Waals surface area contributed by atoms with Crippen LogP contribution in [0.5, 0.6) is 0 Å². The predicted molar refractivity (Wildman–Crippen MR) is 74.2 cm³/mol. The molecule has 0 aliphatic carbocycles. The van der Waals surface area contributed by atoms with Gasteiger partial charge in [0, 0.05) is 17.9 Å². The van der Waals surface area contributed by atoms with Crippen molar-refractivity contribution in [2.24, 2.45) is 0 Å². The van der Waals surface area contributed by atoms with E-state index in [0.717, 1.165) is 35.5 Å². The summed E-state index contributed by atoms with van der Waals surface area (Å²) in [4.78, 5) is 0. The Morgan fingerprint density at radius 1 is 1.17 bits per heavy atom. The largest absolute Gasteiger partial charge is 0.399 e. The van der Waals surface area contributed by atoms with Gasteiger partial charge in [-0.15, -0.1) is 0 Å². The van der Waals surface area contributed by atoms with Gasteiger partial charge in [-0.1, -0.05) is 12.1 Å². The van der Waals surface area contributed by atoms with Crippen LogP contribution in [0.3, 0.4) is 0 Å². The quantitative estimate of drug-likeness (QED) is 0.809. The molecule has 2 aromatic rings. The van der Waals surface area contributed by atoms with Crippen LogP contribution in [0, 0.1) is 12.7 Å². The van der Waals surface area contributed by atoms with E-state index in [0.29, 0.717) is 0 Å². The third-order valence-corrected chi connectivity index (χ3v) is 2.73. The molecule has 0 heterocycles. The Bertz CT molecular complexity index is 518. The van der Waals surface area contributed by atoms with Crippen molar-refractivity contribution in [3.8, 4) is 0 Å². The molecule has 0 aliphatic heterocycles. The number of rotatable bonds is 4. The molecule has 0 saturated carbocycles. The van der Waals surface area contributed by atoms with Gasteiger partial charge >= 0.3 is 0 Å². The van der Waals surface area contributed by atoms with E-state index in [9.17, 15) is 4.39 Å². The van der Waals surface area contributed by atoms with E-state index in [1.165, 1.54) is 6.07 Å². The summed E-state index contributed by atoms with van der Waals surface area (Å²) in [5.41, 5.74) is 9.65. The lowest BCUT2D eigenvalue weighted by molar-refractivity contribution is 0.625. The van der Waals surface area contributed by atoms with Crippen molar-refractivity contribution < 1.29 is 4.39 Å². The van der Waals surface area contributed by atoms with Gasteiger partial charge in [0.25, 0.3) is 0 Å². The molecule has 0 bridgehead atoms. The fourth-order valence-corrected chi connectivity index (χ4v) is 1.96. The van der Waals surface area contributed by atoms with Crippen molar-refractivity contribution in [1.82, 2.24) is 0 Å². The van der Waals surface area contributed by atoms with Crippen LogP contribution in [0.1, 0.15) is 11.1 Å². The van der Waals surface area contributed by atoms with Gasteiger partial charge in [0.2, 0.25) is 0 Å². The molecule has 94 valence electrons. The molecule has 0 unspecified atom stereocenters. The van der Waals surface area contributed by atoms with Gasteiger partial charge in [-0.3, -0.25) is 0 Å². The second-order valence-electron chi connectivity index (χ2n) is 4.44. The summed E-state index contributed by atoms with van der Waals surface area (Å²) in [7, 11) is 0. The Kier molecular flexibility index (Phi) is 3.82.